The first-order valence-electron chi connectivity index (χ1n) is 7.19. The van der Waals surface area contributed by atoms with E-state index in [1.807, 2.05) is 19.1 Å². The van der Waals surface area contributed by atoms with E-state index in [9.17, 15) is 14.4 Å². The van der Waals surface area contributed by atoms with Crippen molar-refractivity contribution in [1.82, 2.24) is 0 Å². The predicted octanol–water partition coefficient (Wildman–Crippen LogP) is 3.29. The molecule has 0 fully saturated rings. The molecule has 0 atom stereocenters. The second-order valence-corrected chi connectivity index (χ2v) is 5.19. The Morgan fingerprint density at radius 1 is 0.957 bits per heavy atom. The van der Waals surface area contributed by atoms with Crippen molar-refractivity contribution < 1.29 is 19.5 Å². The van der Waals surface area contributed by atoms with Crippen LogP contribution in [0.1, 0.15) is 39.1 Å². The molecular formula is C18H17NO4. The number of Topliss-reactive ketones (excluding diaryl/α,β-unsaturated/α-hetero) is 1. The number of aromatic carboxylic acids is 1. The number of para-hydroxylation sites is 1. The lowest BCUT2D eigenvalue weighted by Gasteiger charge is -2.08. The Kier molecular flexibility index (Phi) is 5.25. The zero-order chi connectivity index (χ0) is 16.8. The summed E-state index contributed by atoms with van der Waals surface area (Å²) in [6.07, 6.45) is 0.0742. The van der Waals surface area contributed by atoms with Crippen molar-refractivity contribution >= 4 is 23.3 Å². The maximum absolute atomic E-state index is 12.0. The van der Waals surface area contributed by atoms with E-state index in [-0.39, 0.29) is 35.8 Å². The molecule has 0 aliphatic heterocycles. The van der Waals surface area contributed by atoms with Gasteiger partial charge in [0.25, 0.3) is 0 Å². The normalized spacial score (nSPS) is 10.1. The Bertz CT molecular complexity index is 735. The number of carbonyl (C=O) groups excluding carboxylic acids is 2. The first-order valence-corrected chi connectivity index (χ1v) is 7.19. The molecule has 5 nitrogen and oxygen atoms in total. The molecule has 0 aromatic heterocycles. The van der Waals surface area contributed by atoms with E-state index in [0.29, 0.717) is 5.56 Å². The number of hydrogen-bond acceptors (Lipinski definition) is 3. The van der Waals surface area contributed by atoms with Crippen molar-refractivity contribution in [2.75, 3.05) is 5.32 Å². The van der Waals surface area contributed by atoms with Crippen LogP contribution in [-0.2, 0) is 4.79 Å². The number of aryl methyl sites for hydroxylation is 1. The van der Waals surface area contributed by atoms with Gasteiger partial charge in [0.15, 0.2) is 5.78 Å². The lowest BCUT2D eigenvalue weighted by atomic mass is 10.0. The van der Waals surface area contributed by atoms with Crippen LogP contribution in [0.25, 0.3) is 0 Å². The zero-order valence-electron chi connectivity index (χ0n) is 12.7. The summed E-state index contributed by atoms with van der Waals surface area (Å²) in [6, 6.07) is 13.3. The molecule has 118 valence electrons. The minimum Gasteiger partial charge on any atom is -0.478 e. The lowest BCUT2D eigenvalue weighted by molar-refractivity contribution is -0.116. The molecular weight excluding hydrogens is 294 g/mol. The third-order valence-corrected chi connectivity index (χ3v) is 3.38. The maximum Gasteiger partial charge on any atom is 0.337 e. The molecule has 23 heavy (non-hydrogen) atoms. The second-order valence-electron chi connectivity index (χ2n) is 5.19. The summed E-state index contributed by atoms with van der Waals surface area (Å²) in [5.74, 6) is -1.62. The fourth-order valence-corrected chi connectivity index (χ4v) is 2.10. The molecule has 0 bridgehead atoms. The molecule has 2 aromatic rings. The van der Waals surface area contributed by atoms with Gasteiger partial charge in [-0.25, -0.2) is 4.79 Å². The minimum absolute atomic E-state index is 0.000658. The summed E-state index contributed by atoms with van der Waals surface area (Å²) in [5.41, 5.74) is 1.87. The number of carboxylic acid groups (broad SMARTS) is 1. The summed E-state index contributed by atoms with van der Waals surface area (Å²) in [5, 5.41) is 11.6. The van der Waals surface area contributed by atoms with Gasteiger partial charge in [-0.2, -0.15) is 0 Å². The maximum atomic E-state index is 12.0. The van der Waals surface area contributed by atoms with Gasteiger partial charge in [0, 0.05) is 18.4 Å². The van der Waals surface area contributed by atoms with Crippen molar-refractivity contribution in [1.29, 1.82) is 0 Å². The van der Waals surface area contributed by atoms with Crippen molar-refractivity contribution in [2.24, 2.45) is 0 Å². The van der Waals surface area contributed by atoms with Crippen LogP contribution in [0.3, 0.4) is 0 Å². The highest BCUT2D eigenvalue weighted by molar-refractivity contribution is 6.03. The van der Waals surface area contributed by atoms with Gasteiger partial charge in [-0.05, 0) is 19.1 Å². The van der Waals surface area contributed by atoms with Gasteiger partial charge < -0.3 is 10.4 Å². The van der Waals surface area contributed by atoms with Gasteiger partial charge >= 0.3 is 5.97 Å². The monoisotopic (exact) mass is 311 g/mol. The molecule has 2 aromatic carbocycles. The van der Waals surface area contributed by atoms with Crippen LogP contribution in [0, 0.1) is 6.92 Å². The molecule has 0 radical (unpaired) electrons. The third kappa shape index (κ3) is 4.51. The highest BCUT2D eigenvalue weighted by Crippen LogP contribution is 2.16. The van der Waals surface area contributed by atoms with Gasteiger partial charge in [0.05, 0.1) is 11.3 Å². The van der Waals surface area contributed by atoms with E-state index in [1.165, 1.54) is 12.1 Å². The van der Waals surface area contributed by atoms with Gasteiger partial charge in [0.2, 0.25) is 5.91 Å². The second kappa shape index (κ2) is 7.35. The first kappa shape index (κ1) is 16.4. The summed E-state index contributed by atoms with van der Waals surface area (Å²) >= 11 is 0. The van der Waals surface area contributed by atoms with E-state index in [0.717, 1.165) is 5.56 Å². The third-order valence-electron chi connectivity index (χ3n) is 3.38. The SMILES string of the molecule is Cc1ccc(C(=O)CCC(=O)Nc2ccccc2C(=O)O)cc1. The van der Waals surface area contributed by atoms with Crippen molar-refractivity contribution in [3.05, 3.63) is 65.2 Å². The van der Waals surface area contributed by atoms with Crippen molar-refractivity contribution in [3.8, 4) is 0 Å². The van der Waals surface area contributed by atoms with Crippen molar-refractivity contribution in [2.45, 2.75) is 19.8 Å². The number of rotatable bonds is 6. The van der Waals surface area contributed by atoms with Crippen LogP contribution in [0.15, 0.2) is 48.5 Å². The van der Waals surface area contributed by atoms with E-state index in [4.69, 9.17) is 5.11 Å². The Balaban J connectivity index is 1.94. The standard InChI is InChI=1S/C18H17NO4/c1-12-6-8-13(9-7-12)16(20)10-11-17(21)19-15-5-3-2-4-14(15)18(22)23/h2-9H,10-11H2,1H3,(H,19,21)(H,22,23). The van der Waals surface area contributed by atoms with Crippen LogP contribution in [0.4, 0.5) is 5.69 Å². The molecule has 2 N–H and O–H groups in total. The number of hydrogen-bond donors (Lipinski definition) is 2. The number of amides is 1. The van der Waals surface area contributed by atoms with E-state index in [2.05, 4.69) is 5.32 Å². The Morgan fingerprint density at radius 2 is 1.61 bits per heavy atom. The molecule has 0 heterocycles. The van der Waals surface area contributed by atoms with E-state index in [1.54, 1.807) is 24.3 Å². The molecule has 1 amide bonds. The Hall–Kier alpha value is -2.95. The smallest absolute Gasteiger partial charge is 0.337 e. The Morgan fingerprint density at radius 3 is 2.26 bits per heavy atom. The quantitative estimate of drug-likeness (QED) is 0.802. The molecule has 0 saturated carbocycles. The summed E-state index contributed by atoms with van der Waals surface area (Å²) < 4.78 is 0. The van der Waals surface area contributed by atoms with Crippen molar-refractivity contribution in [3.63, 3.8) is 0 Å². The summed E-state index contributed by atoms with van der Waals surface area (Å²) in [6.45, 7) is 1.93. The molecule has 2 rings (SSSR count). The highest BCUT2D eigenvalue weighted by Gasteiger charge is 2.13. The largest absolute Gasteiger partial charge is 0.478 e. The van der Waals surface area contributed by atoms with Gasteiger partial charge in [-0.1, -0.05) is 42.0 Å². The average Bonchev–Trinajstić information content (AvgIpc) is 2.53. The number of ketones is 1. The average molecular weight is 311 g/mol. The predicted molar refractivity (Wildman–Crippen MR) is 86.8 cm³/mol. The van der Waals surface area contributed by atoms with Gasteiger partial charge in [-0.3, -0.25) is 9.59 Å². The highest BCUT2D eigenvalue weighted by atomic mass is 16.4. The molecule has 0 aliphatic rings. The van der Waals surface area contributed by atoms with Crippen LogP contribution in [-0.4, -0.2) is 22.8 Å². The number of nitrogens with one attached hydrogen (secondary N) is 1. The number of carbonyl (C=O) groups is 3. The number of benzene rings is 2. The first-order chi connectivity index (χ1) is 11.0. The van der Waals surface area contributed by atoms with Crippen LogP contribution < -0.4 is 5.32 Å². The van der Waals surface area contributed by atoms with E-state index < -0.39 is 5.97 Å². The molecule has 5 heteroatoms. The van der Waals surface area contributed by atoms with Gasteiger partial charge in [0.1, 0.15) is 0 Å². The fourth-order valence-electron chi connectivity index (χ4n) is 2.10. The number of carboxylic acids is 1. The summed E-state index contributed by atoms with van der Waals surface area (Å²) in [4.78, 5) is 35.0. The zero-order valence-corrected chi connectivity index (χ0v) is 12.7. The molecule has 0 saturated heterocycles. The molecule has 0 aliphatic carbocycles. The number of anilines is 1. The molecule has 0 unspecified atom stereocenters. The van der Waals surface area contributed by atoms with Crippen LogP contribution >= 0.6 is 0 Å². The molecule has 0 spiro atoms. The van der Waals surface area contributed by atoms with E-state index >= 15 is 0 Å². The topological polar surface area (TPSA) is 83.5 Å². The minimum atomic E-state index is -1.11. The van der Waals surface area contributed by atoms with Gasteiger partial charge in [-0.15, -0.1) is 0 Å². The lowest BCUT2D eigenvalue weighted by Crippen LogP contribution is -2.15. The van der Waals surface area contributed by atoms with Crippen LogP contribution in [0.5, 0.6) is 0 Å². The summed E-state index contributed by atoms with van der Waals surface area (Å²) in [7, 11) is 0. The Labute approximate surface area is 134 Å². The fraction of sp³-hybridized carbons (Fsp3) is 0.167. The van der Waals surface area contributed by atoms with Crippen LogP contribution in [0.2, 0.25) is 0 Å².